The van der Waals surface area contributed by atoms with E-state index in [9.17, 15) is 4.79 Å². The number of carboxylic acids is 1. The van der Waals surface area contributed by atoms with Crippen molar-refractivity contribution in [2.45, 2.75) is 25.4 Å². The van der Waals surface area contributed by atoms with Gasteiger partial charge in [-0.15, -0.1) is 5.92 Å². The molecule has 2 aromatic carbocycles. The van der Waals surface area contributed by atoms with Gasteiger partial charge in [0.15, 0.2) is 17.6 Å². The third-order valence-corrected chi connectivity index (χ3v) is 4.27. The Morgan fingerprint density at radius 2 is 2.07 bits per heavy atom. The zero-order valence-corrected chi connectivity index (χ0v) is 15.5. The van der Waals surface area contributed by atoms with Crippen LogP contribution in [0, 0.1) is 11.8 Å². The Balaban J connectivity index is 1.59. The summed E-state index contributed by atoms with van der Waals surface area (Å²) < 4.78 is 17.3. The molecule has 0 aromatic heterocycles. The maximum Gasteiger partial charge on any atom is 0.304 e. The van der Waals surface area contributed by atoms with Crippen LogP contribution < -0.4 is 14.2 Å². The minimum absolute atomic E-state index is 0.0315. The van der Waals surface area contributed by atoms with Gasteiger partial charge in [-0.05, 0) is 36.8 Å². The lowest BCUT2D eigenvalue weighted by atomic mass is 9.96. The minimum atomic E-state index is -0.877. The molecule has 0 saturated heterocycles. The topological polar surface area (TPSA) is 65.0 Å². The number of ether oxygens (including phenoxy) is 3. The van der Waals surface area contributed by atoms with Crippen molar-refractivity contribution in [2.24, 2.45) is 0 Å². The molecule has 0 amide bonds. The van der Waals surface area contributed by atoms with E-state index in [0.29, 0.717) is 35.5 Å². The minimum Gasteiger partial charge on any atom is -0.490 e. The Labute approximate surface area is 162 Å². The molecule has 2 atom stereocenters. The van der Waals surface area contributed by atoms with Crippen molar-refractivity contribution in [1.29, 1.82) is 0 Å². The first-order chi connectivity index (χ1) is 13.0. The summed E-state index contributed by atoms with van der Waals surface area (Å²) in [5, 5.41) is 9.60. The molecule has 0 aliphatic carbocycles. The largest absolute Gasteiger partial charge is 0.490 e. The van der Waals surface area contributed by atoms with Gasteiger partial charge in [-0.1, -0.05) is 29.7 Å². The molecule has 1 aliphatic rings. The Hall–Kier alpha value is -2.84. The van der Waals surface area contributed by atoms with Crippen LogP contribution in [0.4, 0.5) is 0 Å². The number of carboxylic acid groups (broad SMARTS) is 1. The molecule has 3 rings (SSSR count). The summed E-state index contributed by atoms with van der Waals surface area (Å²) in [5.74, 6) is 6.43. The molecule has 5 nitrogen and oxygen atoms in total. The smallest absolute Gasteiger partial charge is 0.304 e. The predicted octanol–water partition coefficient (Wildman–Crippen LogP) is 4.14. The monoisotopic (exact) mass is 386 g/mol. The van der Waals surface area contributed by atoms with Gasteiger partial charge in [0.25, 0.3) is 0 Å². The molecule has 1 aliphatic heterocycles. The van der Waals surface area contributed by atoms with Gasteiger partial charge in [0, 0.05) is 11.1 Å². The van der Waals surface area contributed by atoms with E-state index in [1.165, 1.54) is 0 Å². The predicted molar refractivity (Wildman–Crippen MR) is 102 cm³/mol. The second-order valence-corrected chi connectivity index (χ2v) is 6.50. The quantitative estimate of drug-likeness (QED) is 0.756. The Morgan fingerprint density at radius 1 is 1.30 bits per heavy atom. The van der Waals surface area contributed by atoms with E-state index in [-0.39, 0.29) is 18.4 Å². The molecule has 27 heavy (non-hydrogen) atoms. The number of rotatable bonds is 6. The molecular weight excluding hydrogens is 368 g/mol. The molecule has 0 fully saturated rings. The highest BCUT2D eigenvalue weighted by molar-refractivity contribution is 6.30. The molecule has 1 N–H and O–H groups in total. The summed E-state index contributed by atoms with van der Waals surface area (Å²) >= 11 is 5.98. The third kappa shape index (κ3) is 5.08. The van der Waals surface area contributed by atoms with Crippen LogP contribution in [0.15, 0.2) is 42.5 Å². The zero-order chi connectivity index (χ0) is 19.2. The molecule has 140 valence electrons. The lowest BCUT2D eigenvalue weighted by molar-refractivity contribution is -0.137. The van der Waals surface area contributed by atoms with Crippen LogP contribution in [0.3, 0.4) is 0 Å². The molecule has 0 radical (unpaired) electrons. The van der Waals surface area contributed by atoms with Gasteiger partial charge in [-0.3, -0.25) is 4.79 Å². The van der Waals surface area contributed by atoms with Crippen LogP contribution in [0.2, 0.25) is 5.02 Å². The van der Waals surface area contributed by atoms with E-state index in [0.717, 1.165) is 5.56 Å². The molecular formula is C21H19ClO5. The molecule has 2 aromatic rings. The fourth-order valence-corrected chi connectivity index (χ4v) is 2.92. The Bertz CT molecular complexity index is 866. The highest BCUT2D eigenvalue weighted by Gasteiger charge is 2.22. The van der Waals surface area contributed by atoms with Crippen LogP contribution in [0.5, 0.6) is 17.2 Å². The molecule has 0 saturated carbocycles. The lowest BCUT2D eigenvalue weighted by Gasteiger charge is -2.26. The number of hydrogen-bond donors (Lipinski definition) is 1. The fraction of sp³-hybridized carbons (Fsp3) is 0.286. The van der Waals surface area contributed by atoms with Crippen molar-refractivity contribution in [1.82, 2.24) is 0 Å². The lowest BCUT2D eigenvalue weighted by Crippen LogP contribution is -2.34. The van der Waals surface area contributed by atoms with Crippen LogP contribution in [0.25, 0.3) is 0 Å². The zero-order valence-electron chi connectivity index (χ0n) is 14.8. The van der Waals surface area contributed by atoms with Gasteiger partial charge >= 0.3 is 5.97 Å². The Kier molecular flexibility index (Phi) is 6.10. The van der Waals surface area contributed by atoms with E-state index >= 15 is 0 Å². The summed E-state index contributed by atoms with van der Waals surface area (Å²) in [6.07, 6.45) is -0.280. The third-order valence-electron chi connectivity index (χ3n) is 4.04. The van der Waals surface area contributed by atoms with Crippen molar-refractivity contribution >= 4 is 17.6 Å². The van der Waals surface area contributed by atoms with E-state index in [1.54, 1.807) is 37.3 Å². The van der Waals surface area contributed by atoms with Crippen LogP contribution in [0.1, 0.15) is 24.8 Å². The van der Waals surface area contributed by atoms with Crippen molar-refractivity contribution < 1.29 is 24.1 Å². The molecule has 6 heteroatoms. The van der Waals surface area contributed by atoms with Crippen molar-refractivity contribution in [2.75, 3.05) is 13.2 Å². The molecule has 0 unspecified atom stereocenters. The number of aliphatic carboxylic acids is 1. The number of halogens is 1. The van der Waals surface area contributed by atoms with Gasteiger partial charge in [-0.2, -0.15) is 0 Å². The number of benzene rings is 2. The first-order valence-electron chi connectivity index (χ1n) is 8.51. The highest BCUT2D eigenvalue weighted by atomic mass is 35.5. The second kappa shape index (κ2) is 8.70. The maximum absolute atomic E-state index is 11.0. The van der Waals surface area contributed by atoms with Crippen molar-refractivity contribution in [3.63, 3.8) is 0 Å². The fourth-order valence-electron chi connectivity index (χ4n) is 2.76. The summed E-state index contributed by atoms with van der Waals surface area (Å²) in [6.45, 7) is 2.40. The number of carbonyl (C=O) groups is 1. The van der Waals surface area contributed by atoms with Gasteiger partial charge in [0.05, 0.1) is 12.3 Å². The van der Waals surface area contributed by atoms with Gasteiger partial charge in [0.1, 0.15) is 19.0 Å². The first kappa shape index (κ1) is 18.9. The summed E-state index contributed by atoms with van der Waals surface area (Å²) in [7, 11) is 0. The van der Waals surface area contributed by atoms with Crippen LogP contribution in [-0.2, 0) is 4.79 Å². The molecule has 0 bridgehead atoms. The standard InChI is InChI=1S/C21H19ClO5/c1-2-3-15(10-21(23)24)14-4-7-17(8-5-14)25-12-18-13-26-19-9-6-16(22)11-20(19)27-18/h4-9,11,15,18H,10,12-13H2,1H3,(H,23,24)/t15-,18+/m1/s1. The molecule has 0 spiro atoms. The first-order valence-corrected chi connectivity index (χ1v) is 8.89. The van der Waals surface area contributed by atoms with E-state index < -0.39 is 5.97 Å². The van der Waals surface area contributed by atoms with E-state index in [2.05, 4.69) is 11.8 Å². The van der Waals surface area contributed by atoms with Crippen LogP contribution in [-0.4, -0.2) is 30.4 Å². The van der Waals surface area contributed by atoms with Crippen molar-refractivity contribution in [3.8, 4) is 29.1 Å². The summed E-state index contributed by atoms with van der Waals surface area (Å²) in [5.41, 5.74) is 0.847. The average Bonchev–Trinajstić information content (AvgIpc) is 2.66. The van der Waals surface area contributed by atoms with Gasteiger partial charge < -0.3 is 19.3 Å². The highest BCUT2D eigenvalue weighted by Crippen LogP contribution is 2.34. The number of fused-ring (bicyclic) bond motifs is 1. The average molecular weight is 387 g/mol. The molecule has 1 heterocycles. The Morgan fingerprint density at radius 3 is 2.78 bits per heavy atom. The number of hydrogen-bond acceptors (Lipinski definition) is 4. The summed E-state index contributed by atoms with van der Waals surface area (Å²) in [4.78, 5) is 11.0. The van der Waals surface area contributed by atoms with Gasteiger partial charge in [-0.25, -0.2) is 0 Å². The van der Waals surface area contributed by atoms with E-state index in [4.69, 9.17) is 30.9 Å². The maximum atomic E-state index is 11.0. The normalized spacial score (nSPS) is 16.0. The van der Waals surface area contributed by atoms with E-state index in [1.807, 2.05) is 12.1 Å². The second-order valence-electron chi connectivity index (χ2n) is 6.07. The van der Waals surface area contributed by atoms with Crippen LogP contribution >= 0.6 is 11.6 Å². The SMILES string of the molecule is CC#C[C@H](CC(=O)O)c1ccc(OC[C@H]2COc3ccc(Cl)cc3O2)cc1. The summed E-state index contributed by atoms with van der Waals surface area (Å²) in [6, 6.07) is 12.5. The van der Waals surface area contributed by atoms with Gasteiger partial charge in [0.2, 0.25) is 0 Å². The van der Waals surface area contributed by atoms with Crippen molar-refractivity contribution in [3.05, 3.63) is 53.1 Å².